The largest absolute Gasteiger partial charge is 0.448 e. The van der Waals surface area contributed by atoms with Crippen molar-refractivity contribution in [3.63, 3.8) is 0 Å². The predicted molar refractivity (Wildman–Crippen MR) is 105 cm³/mol. The monoisotopic (exact) mass is 400 g/mol. The maximum absolute atomic E-state index is 14.5. The maximum atomic E-state index is 14.5. The molecule has 1 aliphatic rings. The van der Waals surface area contributed by atoms with Gasteiger partial charge in [-0.05, 0) is 18.2 Å². The van der Waals surface area contributed by atoms with Gasteiger partial charge in [-0.25, -0.2) is 4.39 Å². The number of benzene rings is 2. The van der Waals surface area contributed by atoms with Crippen LogP contribution in [0.15, 0.2) is 60.3 Å². The number of nitrogens with one attached hydrogen (secondary N) is 1. The first-order valence-corrected chi connectivity index (χ1v) is 9.48. The zero-order chi connectivity index (χ0) is 18.8. The molecule has 0 spiro atoms. The Balaban J connectivity index is 1.85. The molecule has 0 amide bonds. The molecule has 1 aliphatic heterocycles. The van der Waals surface area contributed by atoms with E-state index in [1.54, 1.807) is 18.2 Å². The van der Waals surface area contributed by atoms with Crippen LogP contribution in [-0.2, 0) is 0 Å². The minimum atomic E-state index is -0.866. The van der Waals surface area contributed by atoms with Gasteiger partial charge in [0, 0.05) is 17.0 Å². The van der Waals surface area contributed by atoms with E-state index in [0.29, 0.717) is 16.6 Å². The minimum Gasteiger partial charge on any atom is -0.448 e. The number of anilines is 1. The lowest BCUT2D eigenvalue weighted by atomic mass is 10.1. The van der Waals surface area contributed by atoms with E-state index in [1.165, 1.54) is 17.8 Å². The first-order chi connectivity index (χ1) is 13.2. The lowest BCUT2D eigenvalue weighted by Gasteiger charge is -2.20. The molecule has 0 saturated heterocycles. The van der Waals surface area contributed by atoms with Crippen LogP contribution in [0, 0.1) is 5.82 Å². The second-order valence-corrected chi connectivity index (χ2v) is 7.07. The Labute approximate surface area is 164 Å². The first kappa shape index (κ1) is 17.8. The highest BCUT2D eigenvalue weighted by Crippen LogP contribution is 2.41. The molecule has 1 atom stereocenters. The summed E-state index contributed by atoms with van der Waals surface area (Å²) in [5.41, 5.74) is 2.18. The molecule has 27 heavy (non-hydrogen) atoms. The molecule has 1 unspecified atom stereocenters. The minimum absolute atomic E-state index is 0.209. The summed E-state index contributed by atoms with van der Waals surface area (Å²) in [6.45, 7) is 3.68. The van der Waals surface area contributed by atoms with Crippen LogP contribution in [0.25, 0.3) is 11.3 Å². The van der Waals surface area contributed by atoms with Crippen LogP contribution in [0.4, 0.5) is 10.1 Å². The number of halogens is 2. The van der Waals surface area contributed by atoms with Gasteiger partial charge < -0.3 is 10.1 Å². The first-order valence-electron chi connectivity index (χ1n) is 8.12. The quantitative estimate of drug-likeness (QED) is 0.485. The Hall–Kier alpha value is -2.64. The Kier molecular flexibility index (Phi) is 4.96. The van der Waals surface area contributed by atoms with E-state index in [9.17, 15) is 4.39 Å². The van der Waals surface area contributed by atoms with E-state index in [0.717, 1.165) is 11.3 Å². The molecule has 136 valence electrons. The van der Waals surface area contributed by atoms with Gasteiger partial charge in [-0.1, -0.05) is 53.7 Å². The standard InChI is InChI=1S/C19H14ClFN4OS/c1-2-10-27-19-23-18-16(24-25-19)11-6-3-4-9-14(11)22-17(26-18)15-12(20)7-5-8-13(15)21/h2-9,17,22H,1,10H2. The highest BCUT2D eigenvalue weighted by molar-refractivity contribution is 7.99. The summed E-state index contributed by atoms with van der Waals surface area (Å²) >= 11 is 7.63. The normalized spacial score (nSPS) is 15.0. The van der Waals surface area contributed by atoms with Gasteiger partial charge in [-0.15, -0.1) is 16.8 Å². The van der Waals surface area contributed by atoms with Crippen LogP contribution < -0.4 is 10.1 Å². The third-order valence-corrected chi connectivity index (χ3v) is 5.09. The molecule has 0 fully saturated rings. The molecule has 4 rings (SSSR count). The van der Waals surface area contributed by atoms with E-state index in [-0.39, 0.29) is 16.5 Å². The third kappa shape index (κ3) is 3.48. The van der Waals surface area contributed by atoms with Gasteiger partial charge in [0.05, 0.1) is 10.6 Å². The summed E-state index contributed by atoms with van der Waals surface area (Å²) in [5, 5.41) is 12.3. The lowest BCUT2D eigenvalue weighted by Crippen LogP contribution is -2.19. The fourth-order valence-corrected chi connectivity index (χ4v) is 3.51. The van der Waals surface area contributed by atoms with Crippen molar-refractivity contribution in [3.8, 4) is 17.1 Å². The Bertz CT molecular complexity index is 996. The second kappa shape index (κ2) is 7.54. The SMILES string of the molecule is C=CCSc1nnc2c(n1)OC(c1c(F)cccc1Cl)Nc1ccccc1-2. The van der Waals surface area contributed by atoms with Crippen molar-refractivity contribution < 1.29 is 9.13 Å². The van der Waals surface area contributed by atoms with Gasteiger partial charge in [0.15, 0.2) is 5.69 Å². The number of nitrogens with zero attached hydrogens (tertiary/aromatic N) is 3. The fourth-order valence-electron chi connectivity index (χ4n) is 2.73. The zero-order valence-electron chi connectivity index (χ0n) is 14.0. The number of ether oxygens (including phenoxy) is 1. The van der Waals surface area contributed by atoms with E-state index in [4.69, 9.17) is 16.3 Å². The topological polar surface area (TPSA) is 59.9 Å². The fraction of sp³-hybridized carbons (Fsp3) is 0.105. The molecule has 2 heterocycles. The van der Waals surface area contributed by atoms with Gasteiger partial charge in [0.25, 0.3) is 0 Å². The van der Waals surface area contributed by atoms with E-state index in [2.05, 4.69) is 27.1 Å². The number of rotatable bonds is 4. The number of thioether (sulfide) groups is 1. The summed E-state index contributed by atoms with van der Waals surface area (Å²) in [7, 11) is 0. The van der Waals surface area contributed by atoms with Gasteiger partial charge in [-0.3, -0.25) is 0 Å². The Morgan fingerprint density at radius 2 is 2.07 bits per heavy atom. The van der Waals surface area contributed by atoms with Crippen molar-refractivity contribution in [2.24, 2.45) is 0 Å². The second-order valence-electron chi connectivity index (χ2n) is 5.67. The van der Waals surface area contributed by atoms with Crippen LogP contribution >= 0.6 is 23.4 Å². The van der Waals surface area contributed by atoms with E-state index < -0.39 is 12.0 Å². The van der Waals surface area contributed by atoms with Crippen LogP contribution in [-0.4, -0.2) is 20.9 Å². The molecule has 0 saturated carbocycles. The van der Waals surface area contributed by atoms with Crippen molar-refractivity contribution in [1.82, 2.24) is 15.2 Å². The number of hydrogen-bond donors (Lipinski definition) is 1. The maximum Gasteiger partial charge on any atom is 0.247 e. The molecule has 2 aromatic carbocycles. The molecule has 1 N–H and O–H groups in total. The molecular weight excluding hydrogens is 387 g/mol. The predicted octanol–water partition coefficient (Wildman–Crippen LogP) is 5.11. The third-order valence-electron chi connectivity index (χ3n) is 3.93. The molecular formula is C19H14ClFN4OS. The van der Waals surface area contributed by atoms with Crippen molar-refractivity contribution in [2.45, 2.75) is 11.4 Å². The molecule has 0 aliphatic carbocycles. The molecule has 1 aromatic heterocycles. The molecule has 5 nitrogen and oxygen atoms in total. The van der Waals surface area contributed by atoms with Crippen molar-refractivity contribution in [2.75, 3.05) is 11.1 Å². The highest BCUT2D eigenvalue weighted by atomic mass is 35.5. The Morgan fingerprint density at radius 1 is 1.22 bits per heavy atom. The number of fused-ring (bicyclic) bond motifs is 3. The zero-order valence-corrected chi connectivity index (χ0v) is 15.6. The summed E-state index contributed by atoms with van der Waals surface area (Å²) in [6.07, 6.45) is 0.884. The van der Waals surface area contributed by atoms with E-state index in [1.807, 2.05) is 24.3 Å². The Morgan fingerprint density at radius 3 is 2.89 bits per heavy atom. The average molecular weight is 401 g/mol. The highest BCUT2D eigenvalue weighted by Gasteiger charge is 2.29. The van der Waals surface area contributed by atoms with Crippen molar-refractivity contribution >= 4 is 29.1 Å². The van der Waals surface area contributed by atoms with Gasteiger partial charge in [0.1, 0.15) is 5.82 Å². The van der Waals surface area contributed by atoms with Crippen molar-refractivity contribution in [1.29, 1.82) is 0 Å². The van der Waals surface area contributed by atoms with Crippen LogP contribution in [0.1, 0.15) is 11.8 Å². The molecule has 0 radical (unpaired) electrons. The number of para-hydroxylation sites is 1. The summed E-state index contributed by atoms with van der Waals surface area (Å²) in [6, 6.07) is 12.0. The molecule has 3 aromatic rings. The number of hydrogen-bond acceptors (Lipinski definition) is 6. The van der Waals surface area contributed by atoms with Gasteiger partial charge in [0.2, 0.25) is 17.3 Å². The average Bonchev–Trinajstić information content (AvgIpc) is 2.82. The lowest BCUT2D eigenvalue weighted by molar-refractivity contribution is 0.220. The molecule has 8 heteroatoms. The van der Waals surface area contributed by atoms with E-state index >= 15 is 0 Å². The summed E-state index contributed by atoms with van der Waals surface area (Å²) in [5.74, 6) is 0.431. The summed E-state index contributed by atoms with van der Waals surface area (Å²) in [4.78, 5) is 4.46. The van der Waals surface area contributed by atoms with Crippen LogP contribution in [0.3, 0.4) is 0 Å². The number of aromatic nitrogens is 3. The van der Waals surface area contributed by atoms with Crippen LogP contribution in [0.5, 0.6) is 5.88 Å². The van der Waals surface area contributed by atoms with Gasteiger partial charge in [-0.2, -0.15) is 4.98 Å². The molecule has 0 bridgehead atoms. The van der Waals surface area contributed by atoms with Gasteiger partial charge >= 0.3 is 0 Å². The smallest absolute Gasteiger partial charge is 0.247 e. The summed E-state index contributed by atoms with van der Waals surface area (Å²) < 4.78 is 20.5. The van der Waals surface area contributed by atoms with Crippen molar-refractivity contribution in [3.05, 3.63) is 71.5 Å². The van der Waals surface area contributed by atoms with Crippen LogP contribution in [0.2, 0.25) is 5.02 Å².